The first-order valence-electron chi connectivity index (χ1n) is 7.61. The molecule has 0 aromatic carbocycles. The van der Waals surface area contributed by atoms with Gasteiger partial charge in [0.15, 0.2) is 0 Å². The van der Waals surface area contributed by atoms with Crippen LogP contribution < -0.4 is 16.4 Å². The summed E-state index contributed by atoms with van der Waals surface area (Å²) in [4.78, 5) is 25.4. The van der Waals surface area contributed by atoms with Gasteiger partial charge in [0.2, 0.25) is 11.8 Å². The molecular formula is C14H26N4O2. The summed E-state index contributed by atoms with van der Waals surface area (Å²) in [6.45, 7) is 4.46. The van der Waals surface area contributed by atoms with E-state index in [0.717, 1.165) is 13.0 Å². The fourth-order valence-corrected chi connectivity index (χ4v) is 3.18. The summed E-state index contributed by atoms with van der Waals surface area (Å²) in [7, 11) is 0. The first-order valence-corrected chi connectivity index (χ1v) is 7.61. The van der Waals surface area contributed by atoms with Gasteiger partial charge in [-0.15, -0.1) is 0 Å². The summed E-state index contributed by atoms with van der Waals surface area (Å²) in [6.07, 6.45) is 4.69. The minimum atomic E-state index is -0.377. The number of hydrogen-bond donors (Lipinski definition) is 3. The predicted molar refractivity (Wildman–Crippen MR) is 77.0 cm³/mol. The third-order valence-electron chi connectivity index (χ3n) is 4.49. The van der Waals surface area contributed by atoms with Gasteiger partial charge in [-0.1, -0.05) is 19.8 Å². The lowest BCUT2D eigenvalue weighted by Crippen LogP contribution is -2.59. The van der Waals surface area contributed by atoms with Crippen LogP contribution in [0.1, 0.15) is 32.6 Å². The van der Waals surface area contributed by atoms with E-state index < -0.39 is 0 Å². The molecule has 4 N–H and O–H groups in total. The fourth-order valence-electron chi connectivity index (χ4n) is 3.18. The highest BCUT2D eigenvalue weighted by atomic mass is 16.2. The van der Waals surface area contributed by atoms with Crippen LogP contribution in [0, 0.1) is 5.92 Å². The van der Waals surface area contributed by atoms with Gasteiger partial charge in [0, 0.05) is 25.7 Å². The molecule has 2 rings (SSSR count). The Morgan fingerprint density at radius 1 is 1.35 bits per heavy atom. The number of rotatable bonds is 4. The molecule has 1 saturated heterocycles. The minimum Gasteiger partial charge on any atom is -0.368 e. The first-order chi connectivity index (χ1) is 9.58. The van der Waals surface area contributed by atoms with Crippen molar-refractivity contribution >= 4 is 11.8 Å². The maximum absolute atomic E-state index is 12.2. The number of carbonyl (C=O) groups is 2. The maximum Gasteiger partial charge on any atom is 0.236 e. The van der Waals surface area contributed by atoms with Gasteiger partial charge in [-0.25, -0.2) is 0 Å². The van der Waals surface area contributed by atoms with E-state index in [4.69, 9.17) is 5.73 Å². The highest BCUT2D eigenvalue weighted by Gasteiger charge is 2.29. The van der Waals surface area contributed by atoms with E-state index in [-0.39, 0.29) is 30.4 Å². The van der Waals surface area contributed by atoms with Crippen LogP contribution in [-0.2, 0) is 9.59 Å². The van der Waals surface area contributed by atoms with Crippen molar-refractivity contribution in [1.29, 1.82) is 0 Å². The molecule has 1 aliphatic heterocycles. The number of carbonyl (C=O) groups excluding carboxylic acids is 2. The van der Waals surface area contributed by atoms with Gasteiger partial charge in [0.25, 0.3) is 0 Å². The normalized spacial score (nSPS) is 31.8. The van der Waals surface area contributed by atoms with Crippen LogP contribution >= 0.6 is 0 Å². The molecule has 6 heteroatoms. The largest absolute Gasteiger partial charge is 0.368 e. The Bertz CT molecular complexity index is 361. The lowest BCUT2D eigenvalue weighted by molar-refractivity contribution is -0.128. The van der Waals surface area contributed by atoms with E-state index in [2.05, 4.69) is 17.6 Å². The average molecular weight is 282 g/mol. The number of nitrogens with two attached hydrogens (primary N) is 1. The van der Waals surface area contributed by atoms with Gasteiger partial charge >= 0.3 is 0 Å². The Morgan fingerprint density at radius 3 is 2.80 bits per heavy atom. The molecule has 0 radical (unpaired) electrons. The molecule has 114 valence electrons. The molecule has 2 amide bonds. The molecule has 2 aliphatic rings. The molecule has 1 aliphatic carbocycles. The van der Waals surface area contributed by atoms with Crippen LogP contribution in [0.25, 0.3) is 0 Å². The number of hydrogen-bond acceptors (Lipinski definition) is 4. The van der Waals surface area contributed by atoms with E-state index in [1.54, 1.807) is 0 Å². The zero-order valence-electron chi connectivity index (χ0n) is 12.2. The molecule has 2 fully saturated rings. The topological polar surface area (TPSA) is 87.5 Å². The van der Waals surface area contributed by atoms with E-state index in [1.807, 2.05) is 4.90 Å². The van der Waals surface area contributed by atoms with Crippen molar-refractivity contribution in [3.05, 3.63) is 0 Å². The second kappa shape index (κ2) is 7.04. The second-order valence-corrected chi connectivity index (χ2v) is 6.03. The summed E-state index contributed by atoms with van der Waals surface area (Å²) >= 11 is 0. The Kier molecular flexibility index (Phi) is 5.37. The number of amides is 2. The monoisotopic (exact) mass is 282 g/mol. The van der Waals surface area contributed by atoms with Crippen molar-refractivity contribution in [3.63, 3.8) is 0 Å². The molecule has 0 aromatic heterocycles. The molecule has 0 bridgehead atoms. The number of nitrogens with one attached hydrogen (secondary N) is 2. The molecule has 1 heterocycles. The lowest BCUT2D eigenvalue weighted by atomic mass is 9.86. The van der Waals surface area contributed by atoms with Gasteiger partial charge in [0.05, 0.1) is 6.54 Å². The second-order valence-electron chi connectivity index (χ2n) is 6.03. The average Bonchev–Trinajstić information content (AvgIpc) is 2.41. The van der Waals surface area contributed by atoms with Crippen LogP contribution in [0.5, 0.6) is 0 Å². The lowest BCUT2D eigenvalue weighted by Gasteiger charge is -2.35. The third-order valence-corrected chi connectivity index (χ3v) is 4.49. The Labute approximate surface area is 120 Å². The standard InChI is InChI=1S/C14H26N4O2/c1-10-4-2-3-5-11(10)17-13(19)9-18-7-6-16-8-12(18)14(15)20/h10-12,16H,2-9H2,1H3,(H2,15,20)(H,17,19). The summed E-state index contributed by atoms with van der Waals surface area (Å²) in [5.41, 5.74) is 5.39. The maximum atomic E-state index is 12.2. The summed E-state index contributed by atoms with van der Waals surface area (Å²) < 4.78 is 0. The molecule has 0 aromatic rings. The van der Waals surface area contributed by atoms with Crippen LogP contribution in [0.15, 0.2) is 0 Å². The quantitative estimate of drug-likeness (QED) is 0.645. The van der Waals surface area contributed by atoms with Gasteiger partial charge in [0.1, 0.15) is 6.04 Å². The van der Waals surface area contributed by atoms with Crippen molar-refractivity contribution in [2.24, 2.45) is 11.7 Å². The molecule has 6 nitrogen and oxygen atoms in total. The van der Waals surface area contributed by atoms with Crippen molar-refractivity contribution in [2.45, 2.75) is 44.7 Å². The highest BCUT2D eigenvalue weighted by molar-refractivity contribution is 5.83. The van der Waals surface area contributed by atoms with E-state index in [0.29, 0.717) is 19.0 Å². The van der Waals surface area contributed by atoms with E-state index in [9.17, 15) is 9.59 Å². The van der Waals surface area contributed by atoms with Crippen LogP contribution in [0.3, 0.4) is 0 Å². The van der Waals surface area contributed by atoms with Gasteiger partial charge in [-0.3, -0.25) is 14.5 Å². The number of nitrogens with zero attached hydrogens (tertiary/aromatic N) is 1. The molecular weight excluding hydrogens is 256 g/mol. The molecule has 3 atom stereocenters. The van der Waals surface area contributed by atoms with E-state index >= 15 is 0 Å². The third kappa shape index (κ3) is 3.93. The van der Waals surface area contributed by atoms with Crippen molar-refractivity contribution < 1.29 is 9.59 Å². The molecule has 1 saturated carbocycles. The minimum absolute atomic E-state index is 0.0110. The van der Waals surface area contributed by atoms with Gasteiger partial charge in [-0.05, 0) is 18.8 Å². The summed E-state index contributed by atoms with van der Waals surface area (Å²) in [5.74, 6) is 0.190. The summed E-state index contributed by atoms with van der Waals surface area (Å²) in [6, 6.07) is -0.0931. The van der Waals surface area contributed by atoms with Crippen LogP contribution in [0.4, 0.5) is 0 Å². The predicted octanol–water partition coefficient (Wildman–Crippen LogP) is -0.560. The molecule has 20 heavy (non-hydrogen) atoms. The van der Waals surface area contributed by atoms with Gasteiger partial charge in [-0.2, -0.15) is 0 Å². The van der Waals surface area contributed by atoms with E-state index in [1.165, 1.54) is 19.3 Å². The summed E-state index contributed by atoms with van der Waals surface area (Å²) in [5, 5.41) is 6.26. The fraction of sp³-hybridized carbons (Fsp3) is 0.857. The zero-order chi connectivity index (χ0) is 14.5. The molecule has 0 spiro atoms. The highest BCUT2D eigenvalue weighted by Crippen LogP contribution is 2.23. The SMILES string of the molecule is CC1CCCCC1NC(=O)CN1CCNCC1C(N)=O. The van der Waals surface area contributed by atoms with Gasteiger partial charge < -0.3 is 16.4 Å². The number of primary amides is 1. The Hall–Kier alpha value is -1.14. The van der Waals surface area contributed by atoms with Crippen molar-refractivity contribution in [1.82, 2.24) is 15.5 Å². The van der Waals surface area contributed by atoms with Crippen LogP contribution in [0.2, 0.25) is 0 Å². The van der Waals surface area contributed by atoms with Crippen molar-refractivity contribution in [2.75, 3.05) is 26.2 Å². The Morgan fingerprint density at radius 2 is 2.10 bits per heavy atom. The first kappa shape index (κ1) is 15.3. The van der Waals surface area contributed by atoms with Crippen LogP contribution in [-0.4, -0.2) is 55.0 Å². The zero-order valence-corrected chi connectivity index (χ0v) is 12.2. The number of piperazine rings is 1. The Balaban J connectivity index is 1.84. The van der Waals surface area contributed by atoms with Crippen molar-refractivity contribution in [3.8, 4) is 0 Å². The molecule has 3 unspecified atom stereocenters. The smallest absolute Gasteiger partial charge is 0.236 e.